The molecule has 0 N–H and O–H groups in total. The maximum Gasteiger partial charge on any atom is 0.0709 e. The van der Waals surface area contributed by atoms with Crippen molar-refractivity contribution in [2.24, 2.45) is 4.99 Å². The van der Waals surface area contributed by atoms with E-state index in [9.17, 15) is 0 Å². The molecule has 0 aliphatic rings. The normalized spacial score (nSPS) is 9.18. The first-order valence-corrected chi connectivity index (χ1v) is 3.54. The van der Waals surface area contributed by atoms with Crippen molar-refractivity contribution in [2.45, 2.75) is 0 Å². The zero-order valence-corrected chi connectivity index (χ0v) is 6.80. The number of hydrogen-bond donors (Lipinski definition) is 0. The molecule has 0 atom stereocenters. The summed E-state index contributed by atoms with van der Waals surface area (Å²) in [6, 6.07) is 5.41. The third-order valence-electron chi connectivity index (χ3n) is 1.38. The highest BCUT2D eigenvalue weighted by Gasteiger charge is 1.95. The van der Waals surface area contributed by atoms with Gasteiger partial charge in [-0.15, -0.1) is 0 Å². The van der Waals surface area contributed by atoms with Crippen LogP contribution in [0.1, 0.15) is 5.56 Å². The van der Waals surface area contributed by atoms with Gasteiger partial charge in [-0.1, -0.05) is 30.3 Å². The highest BCUT2D eigenvalue weighted by molar-refractivity contribution is 6.30. The minimum Gasteiger partial charge on any atom is -0.264 e. The van der Waals surface area contributed by atoms with E-state index in [0.29, 0.717) is 5.02 Å². The Labute approximate surface area is 71.0 Å². The second-order valence-corrected chi connectivity index (χ2v) is 2.50. The Morgan fingerprint density at radius 2 is 2.18 bits per heavy atom. The van der Waals surface area contributed by atoms with Crippen LogP contribution in [-0.4, -0.2) is 6.72 Å². The van der Waals surface area contributed by atoms with Crippen molar-refractivity contribution in [3.63, 3.8) is 0 Å². The van der Waals surface area contributed by atoms with Gasteiger partial charge in [-0.25, -0.2) is 0 Å². The lowest BCUT2D eigenvalue weighted by molar-refractivity contribution is 1.52. The van der Waals surface area contributed by atoms with E-state index >= 15 is 0 Å². The van der Waals surface area contributed by atoms with E-state index in [4.69, 9.17) is 11.6 Å². The molecule has 0 unspecified atom stereocenters. The summed E-state index contributed by atoms with van der Waals surface area (Å²) in [7, 11) is 0. The quantitative estimate of drug-likeness (QED) is 0.597. The maximum atomic E-state index is 5.73. The van der Waals surface area contributed by atoms with Crippen LogP contribution < -0.4 is 0 Å². The molecule has 1 nitrogen and oxygen atoms in total. The molecule has 0 heterocycles. The Hall–Kier alpha value is -1.08. The third kappa shape index (κ3) is 1.69. The van der Waals surface area contributed by atoms with Gasteiger partial charge in [0, 0.05) is 5.02 Å². The van der Waals surface area contributed by atoms with Crippen molar-refractivity contribution < 1.29 is 0 Å². The van der Waals surface area contributed by atoms with Crippen LogP contribution >= 0.6 is 11.6 Å². The Morgan fingerprint density at radius 1 is 1.45 bits per heavy atom. The van der Waals surface area contributed by atoms with Crippen LogP contribution in [0.5, 0.6) is 0 Å². The van der Waals surface area contributed by atoms with Gasteiger partial charge >= 0.3 is 0 Å². The van der Waals surface area contributed by atoms with Crippen LogP contribution in [0, 0.1) is 0 Å². The Bertz CT molecular complexity index is 292. The third-order valence-corrected chi connectivity index (χ3v) is 1.62. The van der Waals surface area contributed by atoms with Crippen LogP contribution in [0.4, 0.5) is 5.69 Å². The maximum absolute atomic E-state index is 5.73. The molecule has 0 aromatic heterocycles. The predicted octanol–water partition coefficient (Wildman–Crippen LogP) is 3.32. The predicted molar refractivity (Wildman–Crippen MR) is 50.8 cm³/mol. The summed E-state index contributed by atoms with van der Waals surface area (Å²) in [5, 5.41) is 0.665. The SMILES string of the molecule is C=Cc1ccc(Cl)cc1N=C. The fourth-order valence-electron chi connectivity index (χ4n) is 0.826. The monoisotopic (exact) mass is 165 g/mol. The number of nitrogens with zero attached hydrogens (tertiary/aromatic N) is 1. The van der Waals surface area contributed by atoms with Gasteiger partial charge in [0.05, 0.1) is 5.69 Å². The first-order chi connectivity index (χ1) is 5.27. The summed E-state index contributed by atoms with van der Waals surface area (Å²) in [6.07, 6.45) is 1.72. The standard InChI is InChI=1S/C9H8ClN/c1-3-7-4-5-8(10)6-9(7)11-2/h3-6H,1-2H2. The molecule has 0 bridgehead atoms. The van der Waals surface area contributed by atoms with Gasteiger partial charge in [-0.05, 0) is 24.4 Å². The zero-order chi connectivity index (χ0) is 8.27. The average molecular weight is 166 g/mol. The van der Waals surface area contributed by atoms with Gasteiger partial charge in [0.25, 0.3) is 0 Å². The molecule has 0 aliphatic carbocycles. The van der Waals surface area contributed by atoms with Crippen LogP contribution in [0.3, 0.4) is 0 Å². The van der Waals surface area contributed by atoms with Crippen molar-refractivity contribution in [3.8, 4) is 0 Å². The lowest BCUT2D eigenvalue weighted by atomic mass is 10.2. The molecule has 0 fully saturated rings. The molecular weight excluding hydrogens is 158 g/mol. The highest BCUT2D eigenvalue weighted by atomic mass is 35.5. The summed E-state index contributed by atoms with van der Waals surface area (Å²) in [5.41, 5.74) is 1.72. The summed E-state index contributed by atoms with van der Waals surface area (Å²) in [5.74, 6) is 0. The van der Waals surface area contributed by atoms with Crippen molar-refractivity contribution in [1.29, 1.82) is 0 Å². The lowest BCUT2D eigenvalue weighted by Gasteiger charge is -1.98. The van der Waals surface area contributed by atoms with Gasteiger partial charge in [0.2, 0.25) is 0 Å². The average Bonchev–Trinajstić information content (AvgIpc) is 2.04. The van der Waals surface area contributed by atoms with E-state index in [1.807, 2.05) is 6.07 Å². The lowest BCUT2D eigenvalue weighted by Crippen LogP contribution is -1.72. The molecule has 0 spiro atoms. The fourth-order valence-corrected chi connectivity index (χ4v) is 0.993. The molecule has 56 valence electrons. The van der Waals surface area contributed by atoms with Crippen molar-refractivity contribution in [3.05, 3.63) is 35.4 Å². The van der Waals surface area contributed by atoms with Crippen LogP contribution in [0.25, 0.3) is 6.08 Å². The van der Waals surface area contributed by atoms with E-state index in [2.05, 4.69) is 18.3 Å². The minimum atomic E-state index is 0.665. The number of aliphatic imine (C=N–C) groups is 1. The molecule has 11 heavy (non-hydrogen) atoms. The summed E-state index contributed by atoms with van der Waals surface area (Å²) >= 11 is 5.73. The first-order valence-electron chi connectivity index (χ1n) is 3.16. The first kappa shape index (κ1) is 8.02. The van der Waals surface area contributed by atoms with Crippen molar-refractivity contribution in [2.75, 3.05) is 0 Å². The van der Waals surface area contributed by atoms with Gasteiger partial charge in [0.1, 0.15) is 0 Å². The second kappa shape index (κ2) is 3.35. The van der Waals surface area contributed by atoms with Gasteiger partial charge < -0.3 is 0 Å². The minimum absolute atomic E-state index is 0.665. The van der Waals surface area contributed by atoms with Crippen LogP contribution in [-0.2, 0) is 0 Å². The number of hydrogen-bond acceptors (Lipinski definition) is 1. The highest BCUT2D eigenvalue weighted by Crippen LogP contribution is 2.23. The number of benzene rings is 1. The van der Waals surface area contributed by atoms with Crippen LogP contribution in [0.2, 0.25) is 5.02 Å². The van der Waals surface area contributed by atoms with E-state index in [-0.39, 0.29) is 0 Å². The van der Waals surface area contributed by atoms with E-state index < -0.39 is 0 Å². The largest absolute Gasteiger partial charge is 0.264 e. The van der Waals surface area contributed by atoms with Crippen LogP contribution in [0.15, 0.2) is 29.8 Å². The summed E-state index contributed by atoms with van der Waals surface area (Å²) in [4.78, 5) is 3.80. The molecule has 0 amide bonds. The molecule has 1 rings (SSSR count). The molecular formula is C9H8ClN. The molecule has 0 radical (unpaired) electrons. The fraction of sp³-hybridized carbons (Fsp3) is 0. The molecule has 2 heteroatoms. The Balaban J connectivity index is 3.26. The van der Waals surface area contributed by atoms with Crippen molar-refractivity contribution in [1.82, 2.24) is 0 Å². The molecule has 1 aromatic rings. The van der Waals surface area contributed by atoms with Gasteiger partial charge in [0.15, 0.2) is 0 Å². The summed E-state index contributed by atoms with van der Waals surface area (Å²) < 4.78 is 0. The van der Waals surface area contributed by atoms with E-state index in [0.717, 1.165) is 11.3 Å². The van der Waals surface area contributed by atoms with Gasteiger partial charge in [-0.3, -0.25) is 4.99 Å². The molecule has 0 aliphatic heterocycles. The number of halogens is 1. The Morgan fingerprint density at radius 3 is 2.73 bits per heavy atom. The topological polar surface area (TPSA) is 12.4 Å². The van der Waals surface area contributed by atoms with E-state index in [1.165, 1.54) is 0 Å². The molecule has 0 saturated carbocycles. The molecule has 1 aromatic carbocycles. The van der Waals surface area contributed by atoms with E-state index in [1.54, 1.807) is 18.2 Å². The van der Waals surface area contributed by atoms with Crippen molar-refractivity contribution >= 4 is 30.1 Å². The molecule has 0 saturated heterocycles. The second-order valence-electron chi connectivity index (χ2n) is 2.07. The zero-order valence-electron chi connectivity index (χ0n) is 6.05. The smallest absolute Gasteiger partial charge is 0.0709 e. The summed E-state index contributed by atoms with van der Waals surface area (Å²) in [6.45, 7) is 7.06. The Kier molecular flexibility index (Phi) is 2.44. The van der Waals surface area contributed by atoms with Gasteiger partial charge in [-0.2, -0.15) is 0 Å². The number of rotatable bonds is 2.